The van der Waals surface area contributed by atoms with Gasteiger partial charge in [0.1, 0.15) is 6.04 Å². The topological polar surface area (TPSA) is 52.3 Å². The zero-order valence-electron chi connectivity index (χ0n) is 10.2. The van der Waals surface area contributed by atoms with Gasteiger partial charge in [0.15, 0.2) is 0 Å². The number of ether oxygens (including phenoxy) is 1. The Labute approximate surface area is 113 Å². The fourth-order valence-electron chi connectivity index (χ4n) is 1.31. The number of benzene rings is 1. The normalized spacial score (nSPS) is 13.1. The highest BCUT2D eigenvalue weighted by molar-refractivity contribution is 7.98. The van der Waals surface area contributed by atoms with Crippen LogP contribution in [0.2, 0.25) is 0 Å². The number of alkyl halides is 3. The first-order valence-corrected chi connectivity index (χ1v) is 6.57. The van der Waals surface area contributed by atoms with Crippen LogP contribution in [0.3, 0.4) is 0 Å². The van der Waals surface area contributed by atoms with Gasteiger partial charge in [0, 0.05) is 11.5 Å². The van der Waals surface area contributed by atoms with E-state index in [1.807, 2.05) is 0 Å². The third-order valence-electron chi connectivity index (χ3n) is 2.35. The van der Waals surface area contributed by atoms with E-state index in [1.54, 1.807) is 0 Å². The molecule has 0 spiro atoms. The van der Waals surface area contributed by atoms with Crippen molar-refractivity contribution in [1.29, 1.82) is 0 Å². The predicted octanol–water partition coefficient (Wildman–Crippen LogP) is 2.44. The van der Waals surface area contributed by atoms with E-state index in [1.165, 1.54) is 31.0 Å². The number of esters is 1. The maximum absolute atomic E-state index is 12.3. The summed E-state index contributed by atoms with van der Waals surface area (Å²) in [7, 11) is 1.25. The van der Waals surface area contributed by atoms with Crippen molar-refractivity contribution >= 4 is 17.7 Å². The van der Waals surface area contributed by atoms with Crippen molar-refractivity contribution in [1.82, 2.24) is 0 Å². The summed E-state index contributed by atoms with van der Waals surface area (Å²) in [6.07, 6.45) is -4.32. The minimum atomic E-state index is -4.32. The van der Waals surface area contributed by atoms with Gasteiger partial charge in [-0.05, 0) is 17.7 Å². The fraction of sp³-hybridized carbons (Fsp3) is 0.417. The molecule has 3 nitrogen and oxygen atoms in total. The largest absolute Gasteiger partial charge is 0.468 e. The Kier molecular flexibility index (Phi) is 5.68. The second kappa shape index (κ2) is 6.81. The molecule has 0 amide bonds. The quantitative estimate of drug-likeness (QED) is 0.847. The summed E-state index contributed by atoms with van der Waals surface area (Å²) >= 11 is 1.36. The highest BCUT2D eigenvalue weighted by atomic mass is 32.2. The second-order valence-corrected chi connectivity index (χ2v) is 4.87. The number of carbonyl (C=O) groups is 1. The fourth-order valence-corrected chi connectivity index (χ4v) is 2.25. The number of hydrogen-bond acceptors (Lipinski definition) is 4. The second-order valence-electron chi connectivity index (χ2n) is 3.84. The number of methoxy groups -OCH3 is 1. The van der Waals surface area contributed by atoms with Crippen molar-refractivity contribution in [2.75, 3.05) is 12.9 Å². The Morgan fingerprint density at radius 1 is 1.37 bits per heavy atom. The molecule has 7 heteroatoms. The molecule has 19 heavy (non-hydrogen) atoms. The zero-order chi connectivity index (χ0) is 14.5. The summed E-state index contributed by atoms with van der Waals surface area (Å²) in [6.45, 7) is 0. The van der Waals surface area contributed by atoms with Gasteiger partial charge >= 0.3 is 12.1 Å². The summed E-state index contributed by atoms with van der Waals surface area (Å²) in [5.74, 6) is 0.344. The van der Waals surface area contributed by atoms with Crippen LogP contribution in [-0.4, -0.2) is 24.9 Å². The molecular formula is C12H14F3NO2S. The number of hydrogen-bond donors (Lipinski definition) is 1. The average molecular weight is 293 g/mol. The molecule has 0 radical (unpaired) electrons. The standard InChI is InChI=1S/C12H14F3NO2S/c1-18-11(17)10(16)7-19-6-8-2-4-9(5-3-8)12(13,14)15/h2-5,10H,6-7,16H2,1H3. The van der Waals surface area contributed by atoms with Crippen LogP contribution in [0.15, 0.2) is 24.3 Å². The molecule has 0 aliphatic heterocycles. The Morgan fingerprint density at radius 2 is 1.95 bits per heavy atom. The zero-order valence-corrected chi connectivity index (χ0v) is 11.1. The lowest BCUT2D eigenvalue weighted by atomic mass is 10.1. The van der Waals surface area contributed by atoms with Gasteiger partial charge in [0.2, 0.25) is 0 Å². The van der Waals surface area contributed by atoms with E-state index < -0.39 is 23.8 Å². The number of thioether (sulfide) groups is 1. The van der Waals surface area contributed by atoms with Crippen molar-refractivity contribution in [3.8, 4) is 0 Å². The van der Waals surface area contributed by atoms with Crippen molar-refractivity contribution < 1.29 is 22.7 Å². The van der Waals surface area contributed by atoms with Gasteiger partial charge in [-0.25, -0.2) is 0 Å². The minimum absolute atomic E-state index is 0.355. The van der Waals surface area contributed by atoms with E-state index in [9.17, 15) is 18.0 Å². The summed E-state index contributed by atoms with van der Waals surface area (Å²) in [4.78, 5) is 11.0. The monoisotopic (exact) mass is 293 g/mol. The first-order valence-electron chi connectivity index (χ1n) is 5.42. The van der Waals surface area contributed by atoms with Gasteiger partial charge in [-0.3, -0.25) is 4.79 Å². The summed E-state index contributed by atoms with van der Waals surface area (Å²) in [6, 6.07) is 4.19. The van der Waals surface area contributed by atoms with Crippen LogP contribution >= 0.6 is 11.8 Å². The van der Waals surface area contributed by atoms with Crippen LogP contribution in [-0.2, 0) is 21.5 Å². The van der Waals surface area contributed by atoms with E-state index >= 15 is 0 Å². The van der Waals surface area contributed by atoms with Crippen molar-refractivity contribution in [3.63, 3.8) is 0 Å². The smallest absolute Gasteiger partial charge is 0.416 e. The van der Waals surface area contributed by atoms with Gasteiger partial charge in [-0.1, -0.05) is 12.1 Å². The molecule has 2 N–H and O–H groups in total. The third kappa shape index (κ3) is 5.12. The van der Waals surface area contributed by atoms with Crippen LogP contribution in [0.25, 0.3) is 0 Å². The van der Waals surface area contributed by atoms with Gasteiger partial charge in [-0.15, -0.1) is 0 Å². The average Bonchev–Trinajstić information content (AvgIpc) is 2.37. The number of carbonyl (C=O) groups excluding carboxylic acids is 1. The van der Waals surface area contributed by atoms with Gasteiger partial charge in [0.25, 0.3) is 0 Å². The van der Waals surface area contributed by atoms with Crippen molar-refractivity contribution in [2.24, 2.45) is 5.73 Å². The minimum Gasteiger partial charge on any atom is -0.468 e. The molecule has 0 aromatic heterocycles. The van der Waals surface area contributed by atoms with Crippen molar-refractivity contribution in [3.05, 3.63) is 35.4 Å². The van der Waals surface area contributed by atoms with E-state index in [0.29, 0.717) is 11.5 Å². The Balaban J connectivity index is 2.45. The number of nitrogens with two attached hydrogens (primary N) is 1. The number of halogens is 3. The predicted molar refractivity (Wildman–Crippen MR) is 67.6 cm³/mol. The lowest BCUT2D eigenvalue weighted by molar-refractivity contribution is -0.141. The molecule has 0 heterocycles. The first kappa shape index (κ1) is 15.8. The highest BCUT2D eigenvalue weighted by Crippen LogP contribution is 2.29. The Bertz CT molecular complexity index is 420. The molecule has 0 saturated heterocycles. The molecule has 1 aromatic rings. The van der Waals surface area contributed by atoms with E-state index in [4.69, 9.17) is 5.73 Å². The lowest BCUT2D eigenvalue weighted by Crippen LogP contribution is -2.33. The molecule has 0 saturated carbocycles. The molecule has 0 fully saturated rings. The van der Waals surface area contributed by atoms with Crippen LogP contribution < -0.4 is 5.73 Å². The van der Waals surface area contributed by atoms with Crippen molar-refractivity contribution in [2.45, 2.75) is 18.0 Å². The third-order valence-corrected chi connectivity index (χ3v) is 3.48. The Hall–Kier alpha value is -1.21. The van der Waals surface area contributed by atoms with E-state index in [2.05, 4.69) is 4.74 Å². The molecule has 106 valence electrons. The van der Waals surface area contributed by atoms with E-state index in [-0.39, 0.29) is 0 Å². The van der Waals surface area contributed by atoms with Crippen LogP contribution in [0.4, 0.5) is 13.2 Å². The molecule has 1 unspecified atom stereocenters. The molecule has 0 bridgehead atoms. The first-order chi connectivity index (χ1) is 8.84. The molecule has 1 rings (SSSR count). The summed E-state index contributed by atoms with van der Waals surface area (Å²) in [5, 5.41) is 0. The van der Waals surface area contributed by atoms with Gasteiger partial charge in [-0.2, -0.15) is 24.9 Å². The van der Waals surface area contributed by atoms with Crippen LogP contribution in [0, 0.1) is 0 Å². The number of rotatable bonds is 5. The molecule has 0 aliphatic rings. The lowest BCUT2D eigenvalue weighted by Gasteiger charge is -2.09. The van der Waals surface area contributed by atoms with Crippen LogP contribution in [0.1, 0.15) is 11.1 Å². The van der Waals surface area contributed by atoms with Gasteiger partial charge < -0.3 is 10.5 Å². The SMILES string of the molecule is COC(=O)C(N)CSCc1ccc(C(F)(F)F)cc1. The molecule has 1 aromatic carbocycles. The Morgan fingerprint density at radius 3 is 2.42 bits per heavy atom. The molecule has 1 atom stereocenters. The summed E-state index contributed by atoms with van der Waals surface area (Å²) < 4.78 is 41.5. The maximum Gasteiger partial charge on any atom is 0.416 e. The maximum atomic E-state index is 12.3. The highest BCUT2D eigenvalue weighted by Gasteiger charge is 2.29. The molecular weight excluding hydrogens is 279 g/mol. The molecule has 0 aliphatic carbocycles. The van der Waals surface area contributed by atoms with Crippen LogP contribution in [0.5, 0.6) is 0 Å². The van der Waals surface area contributed by atoms with E-state index in [0.717, 1.165) is 17.7 Å². The van der Waals surface area contributed by atoms with Gasteiger partial charge in [0.05, 0.1) is 12.7 Å². The summed E-state index contributed by atoms with van der Waals surface area (Å²) in [5.41, 5.74) is 5.60.